The molecule has 12 rings (SSSR count). The third-order valence-corrected chi connectivity index (χ3v) is 11.3. The van der Waals surface area contributed by atoms with Gasteiger partial charge in [-0.2, -0.15) is 0 Å². The molecular formula is C52H32N4O. The zero-order valence-electron chi connectivity index (χ0n) is 30.7. The predicted octanol–water partition coefficient (Wildman–Crippen LogP) is 13.6. The Balaban J connectivity index is 1.17. The van der Waals surface area contributed by atoms with Gasteiger partial charge < -0.3 is 13.6 Å². The van der Waals surface area contributed by atoms with Crippen molar-refractivity contribution in [1.29, 1.82) is 0 Å². The summed E-state index contributed by atoms with van der Waals surface area (Å²) in [5.41, 5.74) is 13.3. The Hall–Kier alpha value is -7.76. The van der Waals surface area contributed by atoms with Gasteiger partial charge in [0.05, 0.1) is 38.8 Å². The molecule has 5 nitrogen and oxygen atoms in total. The van der Waals surface area contributed by atoms with Gasteiger partial charge in [0.1, 0.15) is 11.2 Å². The van der Waals surface area contributed by atoms with Gasteiger partial charge in [0.15, 0.2) is 5.82 Å². The molecule has 266 valence electrons. The fourth-order valence-electron chi connectivity index (χ4n) is 8.84. The summed E-state index contributed by atoms with van der Waals surface area (Å²) in [6.07, 6.45) is 0. The van der Waals surface area contributed by atoms with Gasteiger partial charge >= 0.3 is 0 Å². The summed E-state index contributed by atoms with van der Waals surface area (Å²) >= 11 is 0. The molecule has 0 aliphatic rings. The molecule has 0 saturated heterocycles. The topological polar surface area (TPSA) is 48.8 Å². The highest BCUT2D eigenvalue weighted by atomic mass is 16.3. The van der Waals surface area contributed by atoms with Crippen LogP contribution in [0.1, 0.15) is 0 Å². The molecule has 0 aliphatic heterocycles. The molecule has 4 aromatic heterocycles. The van der Waals surface area contributed by atoms with Gasteiger partial charge in [-0.05, 0) is 48.5 Å². The molecule has 0 bridgehead atoms. The number of aromatic nitrogens is 4. The van der Waals surface area contributed by atoms with Crippen LogP contribution in [0, 0.1) is 0 Å². The summed E-state index contributed by atoms with van der Waals surface area (Å²) in [7, 11) is 0. The van der Waals surface area contributed by atoms with Crippen LogP contribution < -0.4 is 0 Å². The Kier molecular flexibility index (Phi) is 6.86. The van der Waals surface area contributed by atoms with E-state index < -0.39 is 0 Å². The fraction of sp³-hybridized carbons (Fsp3) is 0. The van der Waals surface area contributed by atoms with Crippen LogP contribution in [0.2, 0.25) is 0 Å². The number of fused-ring (bicyclic) bond motifs is 12. The molecule has 0 spiro atoms. The van der Waals surface area contributed by atoms with E-state index >= 15 is 0 Å². The average Bonchev–Trinajstić information content (AvgIpc) is 3.95. The van der Waals surface area contributed by atoms with Crippen molar-refractivity contribution >= 4 is 65.6 Å². The molecule has 4 heterocycles. The van der Waals surface area contributed by atoms with Gasteiger partial charge in [0.25, 0.3) is 0 Å². The molecule has 0 amide bonds. The van der Waals surface area contributed by atoms with E-state index in [0.717, 1.165) is 94.2 Å². The number of nitrogens with zero attached hydrogens (tertiary/aromatic N) is 4. The lowest BCUT2D eigenvalue weighted by atomic mass is 10.0. The van der Waals surface area contributed by atoms with E-state index in [1.165, 1.54) is 10.8 Å². The minimum Gasteiger partial charge on any atom is -0.455 e. The number of hydrogen-bond acceptors (Lipinski definition) is 3. The number of para-hydroxylation sites is 4. The number of furan rings is 1. The van der Waals surface area contributed by atoms with E-state index in [9.17, 15) is 0 Å². The van der Waals surface area contributed by atoms with E-state index in [1.54, 1.807) is 0 Å². The van der Waals surface area contributed by atoms with Crippen LogP contribution in [0.3, 0.4) is 0 Å². The smallest absolute Gasteiger partial charge is 0.160 e. The van der Waals surface area contributed by atoms with Crippen molar-refractivity contribution in [2.75, 3.05) is 0 Å². The van der Waals surface area contributed by atoms with Gasteiger partial charge in [0, 0.05) is 55.0 Å². The maximum atomic E-state index is 6.91. The Bertz CT molecular complexity index is 3430. The van der Waals surface area contributed by atoms with Crippen molar-refractivity contribution < 1.29 is 4.42 Å². The van der Waals surface area contributed by atoms with Gasteiger partial charge in [-0.1, -0.05) is 146 Å². The number of benzene rings is 8. The largest absolute Gasteiger partial charge is 0.455 e. The van der Waals surface area contributed by atoms with Crippen molar-refractivity contribution in [2.45, 2.75) is 0 Å². The van der Waals surface area contributed by atoms with Crippen LogP contribution in [0.25, 0.3) is 111 Å². The molecule has 0 N–H and O–H groups in total. The van der Waals surface area contributed by atoms with Crippen LogP contribution in [-0.2, 0) is 0 Å². The number of rotatable bonds is 5. The highest BCUT2D eigenvalue weighted by molar-refractivity contribution is 6.39. The summed E-state index contributed by atoms with van der Waals surface area (Å²) in [5.74, 6) is 0.700. The monoisotopic (exact) mass is 728 g/mol. The summed E-state index contributed by atoms with van der Waals surface area (Å²) in [6, 6.07) is 68.1. The molecule has 12 aromatic rings. The summed E-state index contributed by atoms with van der Waals surface area (Å²) in [6.45, 7) is 0. The molecule has 57 heavy (non-hydrogen) atoms. The van der Waals surface area contributed by atoms with Crippen LogP contribution in [0.15, 0.2) is 199 Å². The first-order valence-electron chi connectivity index (χ1n) is 19.3. The maximum absolute atomic E-state index is 6.91. The zero-order chi connectivity index (χ0) is 37.5. The lowest BCUT2D eigenvalue weighted by Crippen LogP contribution is -1.99. The van der Waals surface area contributed by atoms with Crippen LogP contribution >= 0.6 is 0 Å². The van der Waals surface area contributed by atoms with E-state index in [1.807, 2.05) is 36.4 Å². The SMILES string of the molecule is c1ccc(-c2cc(-c3ccc(-n4c5ccccc5c5c6c7ccccc7oc6c6c7ccccc7n(-c7ccccc7)c6c54)cc3)nc(-c3ccccc3)n2)cc1. The minimum absolute atomic E-state index is 0.700. The van der Waals surface area contributed by atoms with Crippen molar-refractivity contribution in [1.82, 2.24) is 19.1 Å². The fourth-order valence-corrected chi connectivity index (χ4v) is 8.84. The second kappa shape index (κ2) is 12.4. The Morgan fingerprint density at radius 3 is 1.49 bits per heavy atom. The molecule has 0 fully saturated rings. The quantitative estimate of drug-likeness (QED) is 0.177. The van der Waals surface area contributed by atoms with E-state index in [2.05, 4.69) is 167 Å². The standard InChI is InChI=1S/C52H32N4O/c1-4-16-33(17-5-1)41-32-42(54-52(53-41)35-18-6-2-7-19-35)34-28-30-37(31-29-34)56-43-25-13-10-22-38(43)46-47-40-24-12-15-27-45(40)57-51(47)48-39-23-11-14-26-44(39)55(50(48)49(46)56)36-20-8-3-9-21-36/h1-32H. The van der Waals surface area contributed by atoms with E-state index in [4.69, 9.17) is 14.4 Å². The first kappa shape index (κ1) is 31.6. The van der Waals surface area contributed by atoms with Gasteiger partial charge in [-0.15, -0.1) is 0 Å². The molecule has 8 aromatic carbocycles. The van der Waals surface area contributed by atoms with Crippen LogP contribution in [0.4, 0.5) is 0 Å². The third kappa shape index (κ3) is 4.76. The second-order valence-electron chi connectivity index (χ2n) is 14.5. The van der Waals surface area contributed by atoms with E-state index in [0.29, 0.717) is 5.82 Å². The Morgan fingerprint density at radius 2 is 0.842 bits per heavy atom. The van der Waals surface area contributed by atoms with Crippen molar-refractivity contribution in [2.24, 2.45) is 0 Å². The van der Waals surface area contributed by atoms with Gasteiger partial charge in [-0.25, -0.2) is 9.97 Å². The van der Waals surface area contributed by atoms with Crippen LogP contribution in [-0.4, -0.2) is 19.1 Å². The molecular weight excluding hydrogens is 697 g/mol. The third-order valence-electron chi connectivity index (χ3n) is 11.3. The minimum atomic E-state index is 0.700. The highest BCUT2D eigenvalue weighted by Crippen LogP contribution is 2.49. The van der Waals surface area contributed by atoms with Crippen molar-refractivity contribution in [3.63, 3.8) is 0 Å². The molecule has 0 unspecified atom stereocenters. The summed E-state index contributed by atoms with van der Waals surface area (Å²) < 4.78 is 11.8. The zero-order valence-corrected chi connectivity index (χ0v) is 30.7. The Labute approximate surface area is 327 Å². The normalized spacial score (nSPS) is 11.9. The molecule has 0 atom stereocenters. The molecule has 0 radical (unpaired) electrons. The highest BCUT2D eigenvalue weighted by Gasteiger charge is 2.27. The maximum Gasteiger partial charge on any atom is 0.160 e. The van der Waals surface area contributed by atoms with Gasteiger partial charge in [0.2, 0.25) is 0 Å². The van der Waals surface area contributed by atoms with Crippen LogP contribution in [0.5, 0.6) is 0 Å². The summed E-state index contributed by atoms with van der Waals surface area (Å²) in [5, 5.41) is 6.87. The average molecular weight is 729 g/mol. The number of hydrogen-bond donors (Lipinski definition) is 0. The predicted molar refractivity (Wildman–Crippen MR) is 234 cm³/mol. The molecule has 0 saturated carbocycles. The van der Waals surface area contributed by atoms with Crippen molar-refractivity contribution in [3.8, 4) is 45.3 Å². The molecule has 0 aliphatic carbocycles. The first-order chi connectivity index (χ1) is 28.3. The second-order valence-corrected chi connectivity index (χ2v) is 14.5. The van der Waals surface area contributed by atoms with E-state index in [-0.39, 0.29) is 0 Å². The Morgan fingerprint density at radius 1 is 0.368 bits per heavy atom. The first-order valence-corrected chi connectivity index (χ1v) is 19.3. The van der Waals surface area contributed by atoms with Crippen molar-refractivity contribution in [3.05, 3.63) is 194 Å². The summed E-state index contributed by atoms with van der Waals surface area (Å²) in [4.78, 5) is 10.2. The van der Waals surface area contributed by atoms with Gasteiger partial charge in [-0.3, -0.25) is 0 Å². The lowest BCUT2D eigenvalue weighted by Gasteiger charge is -2.14. The lowest BCUT2D eigenvalue weighted by molar-refractivity contribution is 0.673. The molecule has 5 heteroatoms.